The summed E-state index contributed by atoms with van der Waals surface area (Å²) in [5.41, 5.74) is 0.232. The van der Waals surface area contributed by atoms with Gasteiger partial charge in [-0.05, 0) is 44.4 Å². The number of nitrogens with one attached hydrogen (secondary N) is 2. The van der Waals surface area contributed by atoms with E-state index in [1.165, 1.54) is 29.6 Å². The topological polar surface area (TPSA) is 180 Å². The van der Waals surface area contributed by atoms with Gasteiger partial charge in [0.25, 0.3) is 0 Å². The molecular weight excluding hydrogens is 614 g/mol. The zero-order valence-corrected chi connectivity index (χ0v) is 26.5. The molecule has 3 aliphatic heterocycles. The van der Waals surface area contributed by atoms with Gasteiger partial charge in [0, 0.05) is 45.3 Å². The van der Waals surface area contributed by atoms with E-state index in [0.29, 0.717) is 69.4 Å². The summed E-state index contributed by atoms with van der Waals surface area (Å²) in [6.07, 6.45) is 1.48. The number of nitrogens with zero attached hydrogens (tertiary/aromatic N) is 3. The van der Waals surface area contributed by atoms with Crippen LogP contribution >= 0.6 is 0 Å². The second-order valence-corrected chi connectivity index (χ2v) is 15.3. The third kappa shape index (κ3) is 7.62. The average Bonchev–Trinajstić information content (AvgIpc) is 3.40. The monoisotopic (exact) mass is 655 g/mol. The summed E-state index contributed by atoms with van der Waals surface area (Å²) in [5.74, 6) is 0.729. The Morgan fingerprint density at radius 2 is 1.89 bits per heavy atom. The van der Waals surface area contributed by atoms with Crippen molar-refractivity contribution in [1.82, 2.24) is 19.3 Å². The summed E-state index contributed by atoms with van der Waals surface area (Å²) < 4.78 is 72.8. The van der Waals surface area contributed by atoms with Gasteiger partial charge in [0.2, 0.25) is 25.9 Å². The van der Waals surface area contributed by atoms with Crippen LogP contribution in [0.2, 0.25) is 0 Å². The summed E-state index contributed by atoms with van der Waals surface area (Å²) in [5, 5.41) is 23.2. The Hall–Kier alpha value is -2.57. The lowest BCUT2D eigenvalue weighted by atomic mass is 9.88. The first-order valence-corrected chi connectivity index (χ1v) is 17.6. The molecule has 3 aliphatic rings. The Morgan fingerprint density at radius 1 is 1.11 bits per heavy atom. The number of anilines is 1. The van der Waals surface area contributed by atoms with Crippen LogP contribution in [0.15, 0.2) is 46.3 Å². The van der Waals surface area contributed by atoms with Gasteiger partial charge in [0.15, 0.2) is 0 Å². The van der Waals surface area contributed by atoms with Crippen molar-refractivity contribution in [2.45, 2.75) is 59.8 Å². The first kappa shape index (κ1) is 32.8. The van der Waals surface area contributed by atoms with E-state index in [9.17, 15) is 27.0 Å². The SMILES string of the molecule is C[C@H](O)CNS(=O)(=O)c1cccc(OC[C@@H](O)CN[C@H]2COC3(CCN(S(=O)(=O)c4cnc5c(c4)N(C)CCO5)CC3)C2)c1. The number of likely N-dealkylation sites (N-methyl/N-ethyl adjacent to an activating group) is 1. The van der Waals surface area contributed by atoms with Crippen LogP contribution in [-0.2, 0) is 24.8 Å². The standard InChI is InChI=1S/C28H41N5O9S2/c1-20(34)15-31-43(36,37)24-5-3-4-23(12-24)41-19-22(35)16-29-21-14-28(42-18-21)6-8-33(9-7-28)44(38,39)25-13-26-27(30-17-25)40-11-10-32(26)2/h3-5,12-13,17,20-22,29,31,34-35H,6-11,14-16,18-19H2,1-2H3/t20-,21+,22-/m0/s1. The summed E-state index contributed by atoms with van der Waals surface area (Å²) in [4.78, 5) is 6.31. The van der Waals surface area contributed by atoms with E-state index in [1.807, 2.05) is 11.9 Å². The largest absolute Gasteiger partial charge is 0.491 e. The molecule has 2 aromatic rings. The molecule has 244 valence electrons. The molecule has 44 heavy (non-hydrogen) atoms. The second-order valence-electron chi connectivity index (χ2n) is 11.6. The third-order valence-corrected chi connectivity index (χ3v) is 11.4. The molecule has 0 amide bonds. The van der Waals surface area contributed by atoms with Crippen LogP contribution in [0.3, 0.4) is 0 Å². The molecule has 2 fully saturated rings. The second kappa shape index (κ2) is 13.4. The number of aromatic nitrogens is 1. The maximum Gasteiger partial charge on any atom is 0.244 e. The molecule has 0 unspecified atom stereocenters. The van der Waals surface area contributed by atoms with Gasteiger partial charge < -0.3 is 34.6 Å². The summed E-state index contributed by atoms with van der Waals surface area (Å²) in [6, 6.07) is 7.54. The van der Waals surface area contributed by atoms with Crippen LogP contribution in [0, 0.1) is 0 Å². The van der Waals surface area contributed by atoms with Gasteiger partial charge in [0.1, 0.15) is 35.7 Å². The predicted octanol–water partition coefficient (Wildman–Crippen LogP) is -0.0890. The van der Waals surface area contributed by atoms with E-state index in [-0.39, 0.29) is 35.5 Å². The zero-order chi connectivity index (χ0) is 31.5. The molecule has 0 aliphatic carbocycles. The van der Waals surface area contributed by atoms with Crippen LogP contribution in [0.1, 0.15) is 26.2 Å². The van der Waals surface area contributed by atoms with Crippen LogP contribution in [0.25, 0.3) is 0 Å². The molecule has 5 rings (SSSR count). The molecule has 1 aromatic carbocycles. The van der Waals surface area contributed by atoms with Gasteiger partial charge in [-0.15, -0.1) is 0 Å². The number of aliphatic hydroxyl groups is 2. The molecule has 2 saturated heterocycles. The molecule has 1 spiro atoms. The molecule has 0 radical (unpaired) electrons. The highest BCUT2D eigenvalue weighted by Gasteiger charge is 2.45. The van der Waals surface area contributed by atoms with Crippen LogP contribution in [0.4, 0.5) is 5.69 Å². The molecule has 3 atom stereocenters. The number of pyridine rings is 1. The van der Waals surface area contributed by atoms with Crippen molar-refractivity contribution in [3.63, 3.8) is 0 Å². The van der Waals surface area contributed by atoms with Crippen molar-refractivity contribution in [2.75, 3.05) is 64.5 Å². The van der Waals surface area contributed by atoms with Crippen molar-refractivity contribution in [2.24, 2.45) is 0 Å². The molecule has 4 heterocycles. The number of benzene rings is 1. The quantitative estimate of drug-likeness (QED) is 0.239. The first-order chi connectivity index (χ1) is 20.9. The van der Waals surface area contributed by atoms with Gasteiger partial charge in [0.05, 0.1) is 35.9 Å². The lowest BCUT2D eigenvalue weighted by molar-refractivity contribution is -0.0312. The predicted molar refractivity (Wildman–Crippen MR) is 161 cm³/mol. The van der Waals surface area contributed by atoms with E-state index < -0.39 is 37.9 Å². The normalized spacial score (nSPS) is 21.9. The number of ether oxygens (including phenoxy) is 3. The number of hydrogen-bond acceptors (Lipinski definition) is 12. The fourth-order valence-electron chi connectivity index (χ4n) is 5.55. The van der Waals surface area contributed by atoms with E-state index in [2.05, 4.69) is 15.0 Å². The lowest BCUT2D eigenvalue weighted by Gasteiger charge is -2.38. The Morgan fingerprint density at radius 3 is 2.64 bits per heavy atom. The smallest absolute Gasteiger partial charge is 0.244 e. The maximum absolute atomic E-state index is 13.4. The highest BCUT2D eigenvalue weighted by Crippen LogP contribution is 2.38. The maximum atomic E-state index is 13.4. The molecule has 1 aromatic heterocycles. The van der Waals surface area contributed by atoms with Crippen LogP contribution < -0.4 is 24.4 Å². The number of fused-ring (bicyclic) bond motifs is 1. The van der Waals surface area contributed by atoms with Gasteiger partial charge in [-0.2, -0.15) is 4.31 Å². The Kier molecular flexibility index (Phi) is 10.0. The zero-order valence-electron chi connectivity index (χ0n) is 24.9. The van der Waals surface area contributed by atoms with Gasteiger partial charge >= 0.3 is 0 Å². The Bertz CT molecular complexity index is 1520. The fourth-order valence-corrected chi connectivity index (χ4v) is 8.12. The average molecular weight is 656 g/mol. The van der Waals surface area contributed by atoms with Gasteiger partial charge in [-0.25, -0.2) is 26.5 Å². The van der Waals surface area contributed by atoms with Crippen molar-refractivity contribution >= 4 is 25.7 Å². The fraction of sp³-hybridized carbons (Fsp3) is 0.607. The van der Waals surface area contributed by atoms with Crippen molar-refractivity contribution in [3.8, 4) is 11.6 Å². The molecule has 4 N–H and O–H groups in total. The first-order valence-electron chi connectivity index (χ1n) is 14.7. The van der Waals surface area contributed by atoms with Crippen molar-refractivity contribution < 1.29 is 41.3 Å². The molecule has 0 bridgehead atoms. The Balaban J connectivity index is 1.07. The third-order valence-electron chi connectivity index (χ3n) is 8.13. The number of sulfonamides is 2. The minimum Gasteiger partial charge on any atom is -0.491 e. The van der Waals surface area contributed by atoms with E-state index in [4.69, 9.17) is 14.2 Å². The summed E-state index contributed by atoms with van der Waals surface area (Å²) in [6.45, 7) is 3.83. The minimum absolute atomic E-state index is 0.00271. The Labute approximate surface area is 258 Å². The minimum atomic E-state index is -3.81. The van der Waals surface area contributed by atoms with Crippen LogP contribution in [0.5, 0.6) is 11.6 Å². The number of hydrogen-bond donors (Lipinski definition) is 4. The number of piperidine rings is 1. The molecule has 14 nitrogen and oxygen atoms in total. The summed E-state index contributed by atoms with van der Waals surface area (Å²) in [7, 11) is -5.65. The highest BCUT2D eigenvalue weighted by atomic mass is 32.2. The van der Waals surface area contributed by atoms with E-state index >= 15 is 0 Å². The summed E-state index contributed by atoms with van der Waals surface area (Å²) >= 11 is 0. The van der Waals surface area contributed by atoms with Crippen molar-refractivity contribution in [1.29, 1.82) is 0 Å². The van der Waals surface area contributed by atoms with E-state index in [1.54, 1.807) is 18.2 Å². The number of rotatable bonds is 12. The van der Waals surface area contributed by atoms with E-state index in [0.717, 1.165) is 0 Å². The molecule has 16 heteroatoms. The highest BCUT2D eigenvalue weighted by molar-refractivity contribution is 7.89. The molecule has 0 saturated carbocycles. The lowest BCUT2D eigenvalue weighted by Crippen LogP contribution is -2.47. The van der Waals surface area contributed by atoms with Crippen LogP contribution in [-0.4, -0.2) is 120 Å². The number of aliphatic hydroxyl groups excluding tert-OH is 2. The van der Waals surface area contributed by atoms with Crippen molar-refractivity contribution in [3.05, 3.63) is 36.5 Å². The van der Waals surface area contributed by atoms with Gasteiger partial charge in [-0.1, -0.05) is 6.07 Å². The van der Waals surface area contributed by atoms with Gasteiger partial charge in [-0.3, -0.25) is 0 Å². The molecular formula is C28H41N5O9S2.